The predicted molar refractivity (Wildman–Crippen MR) is 81.0 cm³/mol. The van der Waals surface area contributed by atoms with Crippen LogP contribution in [0.15, 0.2) is 45.3 Å². The summed E-state index contributed by atoms with van der Waals surface area (Å²) in [7, 11) is 0. The fraction of sp³-hybridized carbons (Fsp3) is 0.143. The van der Waals surface area contributed by atoms with Crippen molar-refractivity contribution in [2.75, 3.05) is 0 Å². The molecular weight excluding hydrogens is 358 g/mol. The molecule has 0 fully saturated rings. The van der Waals surface area contributed by atoms with Crippen LogP contribution in [0, 0.1) is 6.92 Å². The first-order valence-corrected chi connectivity index (χ1v) is 7.11. The average Bonchev–Trinajstić information content (AvgIpc) is 2.36. The van der Waals surface area contributed by atoms with Crippen molar-refractivity contribution in [3.63, 3.8) is 0 Å². The molecule has 0 radical (unpaired) electrons. The molecule has 2 nitrogen and oxygen atoms in total. The molecule has 0 atom stereocenters. The lowest BCUT2D eigenvalue weighted by atomic mass is 10.2. The second kappa shape index (κ2) is 5.87. The number of rotatable bonds is 3. The Balaban J connectivity index is 2.25. The second-order valence-electron chi connectivity index (χ2n) is 3.98. The van der Waals surface area contributed by atoms with E-state index in [1.54, 1.807) is 0 Å². The molecule has 4 heteroatoms. The SMILES string of the molecule is Cc1cc(Oc2ccc(CN)cc2Br)ccc1Br. The Morgan fingerprint density at radius 1 is 1.06 bits per heavy atom. The number of hydrogen-bond acceptors (Lipinski definition) is 2. The number of aryl methyl sites for hydroxylation is 1. The zero-order valence-electron chi connectivity index (χ0n) is 9.91. The Morgan fingerprint density at radius 2 is 1.83 bits per heavy atom. The van der Waals surface area contributed by atoms with Gasteiger partial charge in [-0.05, 0) is 64.3 Å². The van der Waals surface area contributed by atoms with Crippen molar-refractivity contribution in [2.24, 2.45) is 5.73 Å². The zero-order valence-corrected chi connectivity index (χ0v) is 13.1. The third-order valence-electron chi connectivity index (χ3n) is 2.59. The molecule has 2 N–H and O–H groups in total. The molecule has 0 saturated heterocycles. The first-order chi connectivity index (χ1) is 8.60. The van der Waals surface area contributed by atoms with Crippen LogP contribution in [0.3, 0.4) is 0 Å². The van der Waals surface area contributed by atoms with Gasteiger partial charge in [-0.1, -0.05) is 22.0 Å². The summed E-state index contributed by atoms with van der Waals surface area (Å²) in [6, 6.07) is 11.8. The van der Waals surface area contributed by atoms with Gasteiger partial charge in [0.2, 0.25) is 0 Å². The normalized spacial score (nSPS) is 10.4. The van der Waals surface area contributed by atoms with Crippen LogP contribution in [0.5, 0.6) is 11.5 Å². The standard InChI is InChI=1S/C14H13Br2NO/c1-9-6-11(3-4-12(9)15)18-14-5-2-10(8-17)7-13(14)16/h2-7H,8,17H2,1H3. The van der Waals surface area contributed by atoms with E-state index in [4.69, 9.17) is 10.5 Å². The molecule has 0 aliphatic heterocycles. The molecule has 0 spiro atoms. The summed E-state index contributed by atoms with van der Waals surface area (Å²) >= 11 is 6.96. The molecule has 2 aromatic rings. The van der Waals surface area contributed by atoms with Gasteiger partial charge in [0.25, 0.3) is 0 Å². The largest absolute Gasteiger partial charge is 0.456 e. The van der Waals surface area contributed by atoms with E-state index in [-0.39, 0.29) is 0 Å². The van der Waals surface area contributed by atoms with Gasteiger partial charge >= 0.3 is 0 Å². The van der Waals surface area contributed by atoms with Crippen LogP contribution >= 0.6 is 31.9 Å². The molecule has 94 valence electrons. The third kappa shape index (κ3) is 3.13. The molecule has 0 saturated carbocycles. The highest BCUT2D eigenvalue weighted by atomic mass is 79.9. The van der Waals surface area contributed by atoms with Crippen LogP contribution in [0.25, 0.3) is 0 Å². The van der Waals surface area contributed by atoms with Crippen LogP contribution < -0.4 is 10.5 Å². The Kier molecular flexibility index (Phi) is 4.43. The van der Waals surface area contributed by atoms with Crippen LogP contribution in [0.2, 0.25) is 0 Å². The molecule has 0 unspecified atom stereocenters. The smallest absolute Gasteiger partial charge is 0.141 e. The fourth-order valence-electron chi connectivity index (χ4n) is 1.56. The number of halogens is 2. The lowest BCUT2D eigenvalue weighted by molar-refractivity contribution is 0.479. The van der Waals surface area contributed by atoms with Crippen molar-refractivity contribution < 1.29 is 4.74 Å². The maximum absolute atomic E-state index is 5.84. The highest BCUT2D eigenvalue weighted by molar-refractivity contribution is 9.10. The summed E-state index contributed by atoms with van der Waals surface area (Å²) in [5.74, 6) is 1.60. The monoisotopic (exact) mass is 369 g/mol. The van der Waals surface area contributed by atoms with Crippen molar-refractivity contribution in [1.29, 1.82) is 0 Å². The molecule has 0 aromatic heterocycles. The quantitative estimate of drug-likeness (QED) is 0.844. The van der Waals surface area contributed by atoms with Gasteiger partial charge < -0.3 is 10.5 Å². The molecule has 2 rings (SSSR count). The number of nitrogens with two attached hydrogens (primary N) is 1. The maximum Gasteiger partial charge on any atom is 0.141 e. The molecular formula is C14H13Br2NO. The maximum atomic E-state index is 5.84. The van der Waals surface area contributed by atoms with Crippen LogP contribution in [-0.2, 0) is 6.54 Å². The minimum absolute atomic E-state index is 0.524. The van der Waals surface area contributed by atoms with Gasteiger partial charge in [0, 0.05) is 11.0 Å². The molecule has 0 bridgehead atoms. The second-order valence-corrected chi connectivity index (χ2v) is 5.69. The summed E-state index contributed by atoms with van der Waals surface area (Å²) in [6.45, 7) is 2.56. The van der Waals surface area contributed by atoms with Crippen LogP contribution in [0.4, 0.5) is 0 Å². The molecule has 0 aliphatic rings. The van der Waals surface area contributed by atoms with Crippen molar-refractivity contribution >= 4 is 31.9 Å². The Labute approximate surface area is 123 Å². The minimum atomic E-state index is 0.524. The molecule has 18 heavy (non-hydrogen) atoms. The fourth-order valence-corrected chi connectivity index (χ4v) is 2.32. The van der Waals surface area contributed by atoms with E-state index in [9.17, 15) is 0 Å². The first-order valence-electron chi connectivity index (χ1n) is 5.52. The molecule has 0 heterocycles. The van der Waals surface area contributed by atoms with E-state index in [0.29, 0.717) is 6.54 Å². The van der Waals surface area contributed by atoms with Gasteiger partial charge in [0.05, 0.1) is 4.47 Å². The summed E-state index contributed by atoms with van der Waals surface area (Å²) < 4.78 is 7.82. The number of benzene rings is 2. The van der Waals surface area contributed by atoms with E-state index in [1.165, 1.54) is 0 Å². The van der Waals surface area contributed by atoms with Gasteiger partial charge in [-0.25, -0.2) is 0 Å². The first kappa shape index (κ1) is 13.6. The van der Waals surface area contributed by atoms with Crippen LogP contribution in [0.1, 0.15) is 11.1 Å². The summed E-state index contributed by atoms with van der Waals surface area (Å²) in [5.41, 5.74) is 7.80. The van der Waals surface area contributed by atoms with Crippen molar-refractivity contribution in [1.82, 2.24) is 0 Å². The van der Waals surface area contributed by atoms with Gasteiger partial charge in [-0.15, -0.1) is 0 Å². The van der Waals surface area contributed by atoms with Gasteiger partial charge in [-0.2, -0.15) is 0 Å². The van der Waals surface area contributed by atoms with E-state index in [2.05, 4.69) is 31.9 Å². The van der Waals surface area contributed by atoms with Gasteiger partial charge in [-0.3, -0.25) is 0 Å². The van der Waals surface area contributed by atoms with E-state index in [0.717, 1.165) is 31.6 Å². The average molecular weight is 371 g/mol. The summed E-state index contributed by atoms with van der Waals surface area (Å²) in [4.78, 5) is 0. The Hall–Kier alpha value is -0.840. The zero-order chi connectivity index (χ0) is 13.1. The van der Waals surface area contributed by atoms with Crippen molar-refractivity contribution in [2.45, 2.75) is 13.5 Å². The lowest BCUT2D eigenvalue weighted by Crippen LogP contribution is -1.96. The van der Waals surface area contributed by atoms with Crippen LogP contribution in [-0.4, -0.2) is 0 Å². The van der Waals surface area contributed by atoms with E-state index in [1.807, 2.05) is 43.3 Å². The van der Waals surface area contributed by atoms with Crippen molar-refractivity contribution in [3.05, 3.63) is 56.5 Å². The van der Waals surface area contributed by atoms with Gasteiger partial charge in [0.15, 0.2) is 0 Å². The molecule has 0 aliphatic carbocycles. The van der Waals surface area contributed by atoms with Gasteiger partial charge in [0.1, 0.15) is 11.5 Å². The summed E-state index contributed by atoms with van der Waals surface area (Å²) in [5, 5.41) is 0. The molecule has 0 amide bonds. The number of ether oxygens (including phenoxy) is 1. The highest BCUT2D eigenvalue weighted by Crippen LogP contribution is 2.32. The number of hydrogen-bond donors (Lipinski definition) is 1. The van der Waals surface area contributed by atoms with E-state index < -0.39 is 0 Å². The predicted octanol–water partition coefficient (Wildman–Crippen LogP) is 4.77. The van der Waals surface area contributed by atoms with E-state index >= 15 is 0 Å². The third-order valence-corrected chi connectivity index (χ3v) is 4.10. The Morgan fingerprint density at radius 3 is 2.44 bits per heavy atom. The lowest BCUT2D eigenvalue weighted by Gasteiger charge is -2.10. The topological polar surface area (TPSA) is 35.2 Å². The molecule has 2 aromatic carbocycles. The van der Waals surface area contributed by atoms with Crippen molar-refractivity contribution in [3.8, 4) is 11.5 Å². The summed E-state index contributed by atoms with van der Waals surface area (Å²) in [6.07, 6.45) is 0. The highest BCUT2D eigenvalue weighted by Gasteiger charge is 2.05. The minimum Gasteiger partial charge on any atom is -0.456 e. The Bertz CT molecular complexity index is 570.